The summed E-state index contributed by atoms with van der Waals surface area (Å²) in [6.07, 6.45) is 1.52. The molecule has 24 heavy (non-hydrogen) atoms. The first-order valence-electron chi connectivity index (χ1n) is 7.55. The first kappa shape index (κ1) is 19.8. The van der Waals surface area contributed by atoms with Gasteiger partial charge in [-0.05, 0) is 30.5 Å². The number of hydrogen-bond acceptors (Lipinski definition) is 5. The lowest BCUT2D eigenvalue weighted by Gasteiger charge is -2.24. The van der Waals surface area contributed by atoms with Crippen molar-refractivity contribution < 1.29 is 19.2 Å². The summed E-state index contributed by atoms with van der Waals surface area (Å²) >= 11 is 5.99. The van der Waals surface area contributed by atoms with Gasteiger partial charge in [0.15, 0.2) is 0 Å². The van der Waals surface area contributed by atoms with E-state index in [9.17, 15) is 19.7 Å². The zero-order valence-electron chi connectivity index (χ0n) is 13.8. The van der Waals surface area contributed by atoms with Gasteiger partial charge < -0.3 is 9.53 Å². The van der Waals surface area contributed by atoms with Crippen molar-refractivity contribution in [1.82, 2.24) is 0 Å². The second-order valence-corrected chi connectivity index (χ2v) is 6.00. The van der Waals surface area contributed by atoms with Gasteiger partial charge in [0, 0.05) is 10.9 Å². The molecule has 0 aliphatic heterocycles. The van der Waals surface area contributed by atoms with Gasteiger partial charge in [-0.2, -0.15) is 0 Å². The normalized spacial score (nSPS) is 14.1. The Bertz CT molecular complexity index is 642. The topological polar surface area (TPSA) is 86.5 Å². The second-order valence-electron chi connectivity index (χ2n) is 5.57. The molecule has 0 N–H and O–H groups in total. The molecular weight excluding hydrogens is 334 g/mol. The van der Waals surface area contributed by atoms with Gasteiger partial charge in [0.1, 0.15) is 6.29 Å². The van der Waals surface area contributed by atoms with Crippen LogP contribution in [0.4, 0.5) is 0 Å². The summed E-state index contributed by atoms with van der Waals surface area (Å²) in [5.74, 6) is -2.57. The Morgan fingerprint density at radius 3 is 2.54 bits per heavy atom. The van der Waals surface area contributed by atoms with Crippen LogP contribution in [0.1, 0.15) is 32.3 Å². The summed E-state index contributed by atoms with van der Waals surface area (Å²) < 4.78 is 4.77. The SMILES string of the molecule is CCOC(=O)/C=C(/[C@H](c1cccc(Cl)c1)[C@H](C=O)C(C)C)[N+](=O)[O-]. The van der Waals surface area contributed by atoms with Gasteiger partial charge in [0.2, 0.25) is 0 Å². The first-order chi connectivity index (χ1) is 11.3. The molecule has 2 atom stereocenters. The number of carbonyl (C=O) groups excluding carboxylic acids is 2. The third kappa shape index (κ3) is 5.16. The van der Waals surface area contributed by atoms with Crippen LogP contribution in [-0.2, 0) is 14.3 Å². The molecule has 0 spiro atoms. The summed E-state index contributed by atoms with van der Waals surface area (Å²) in [7, 11) is 0. The fourth-order valence-corrected chi connectivity index (χ4v) is 2.67. The molecule has 0 bridgehead atoms. The lowest BCUT2D eigenvalue weighted by Crippen LogP contribution is -2.25. The standard InChI is InChI=1S/C17H20ClNO5/c1-4-24-16(21)9-15(19(22)23)17(14(10-20)11(2)3)12-6-5-7-13(18)8-12/h5-11,14,17H,4H2,1-3H3/b15-9-/t14-,17-/m1/s1. The Balaban J connectivity index is 3.50. The number of benzene rings is 1. The van der Waals surface area contributed by atoms with Crippen molar-refractivity contribution in [3.63, 3.8) is 0 Å². The second kappa shape index (κ2) is 9.17. The highest BCUT2D eigenvalue weighted by atomic mass is 35.5. The third-order valence-corrected chi connectivity index (χ3v) is 3.84. The minimum atomic E-state index is -0.902. The minimum Gasteiger partial charge on any atom is -0.463 e. The fourth-order valence-electron chi connectivity index (χ4n) is 2.47. The summed E-state index contributed by atoms with van der Waals surface area (Å²) in [5, 5.41) is 12.0. The maximum absolute atomic E-state index is 11.7. The molecule has 0 radical (unpaired) electrons. The lowest BCUT2D eigenvalue weighted by molar-refractivity contribution is -0.431. The smallest absolute Gasteiger partial charge is 0.337 e. The number of ether oxygens (including phenoxy) is 1. The molecule has 0 aliphatic carbocycles. The highest BCUT2D eigenvalue weighted by Crippen LogP contribution is 2.36. The first-order valence-corrected chi connectivity index (χ1v) is 7.93. The van der Waals surface area contributed by atoms with Gasteiger partial charge in [-0.15, -0.1) is 0 Å². The van der Waals surface area contributed by atoms with E-state index in [2.05, 4.69) is 0 Å². The number of carbonyl (C=O) groups is 2. The molecule has 0 aromatic heterocycles. The van der Waals surface area contributed by atoms with Crippen molar-refractivity contribution in [2.24, 2.45) is 11.8 Å². The molecule has 7 heteroatoms. The van der Waals surface area contributed by atoms with E-state index in [1.165, 1.54) is 0 Å². The quantitative estimate of drug-likeness (QED) is 0.234. The van der Waals surface area contributed by atoms with Crippen molar-refractivity contribution >= 4 is 23.9 Å². The Labute approximate surface area is 145 Å². The molecule has 0 amide bonds. The van der Waals surface area contributed by atoms with Gasteiger partial charge in [-0.3, -0.25) is 10.1 Å². The molecule has 130 valence electrons. The van der Waals surface area contributed by atoms with Gasteiger partial charge in [-0.1, -0.05) is 37.6 Å². The minimum absolute atomic E-state index is 0.101. The molecule has 1 rings (SSSR count). The van der Waals surface area contributed by atoms with Crippen molar-refractivity contribution in [2.75, 3.05) is 6.61 Å². The molecular formula is C17H20ClNO5. The molecule has 0 fully saturated rings. The van der Waals surface area contributed by atoms with Crippen LogP contribution in [-0.4, -0.2) is 23.8 Å². The van der Waals surface area contributed by atoms with E-state index >= 15 is 0 Å². The van der Waals surface area contributed by atoms with Crippen LogP contribution in [0.3, 0.4) is 0 Å². The fraction of sp³-hybridized carbons (Fsp3) is 0.412. The number of aldehydes is 1. The Morgan fingerprint density at radius 1 is 1.42 bits per heavy atom. The van der Waals surface area contributed by atoms with Crippen LogP contribution < -0.4 is 0 Å². The van der Waals surface area contributed by atoms with Crippen LogP contribution in [0.15, 0.2) is 36.0 Å². The maximum Gasteiger partial charge on any atom is 0.337 e. The summed E-state index contributed by atoms with van der Waals surface area (Å²) in [4.78, 5) is 34.2. The van der Waals surface area contributed by atoms with Gasteiger partial charge >= 0.3 is 5.97 Å². The number of nitro groups is 1. The lowest BCUT2D eigenvalue weighted by atomic mass is 9.78. The monoisotopic (exact) mass is 353 g/mol. The molecule has 0 heterocycles. The molecule has 0 saturated carbocycles. The predicted octanol–water partition coefficient (Wildman–Crippen LogP) is 3.62. The van der Waals surface area contributed by atoms with E-state index in [4.69, 9.17) is 16.3 Å². The number of nitrogens with zero attached hydrogens (tertiary/aromatic N) is 1. The number of allylic oxidation sites excluding steroid dienone is 1. The average Bonchev–Trinajstić information content (AvgIpc) is 2.50. The van der Waals surface area contributed by atoms with Crippen LogP contribution in [0.25, 0.3) is 0 Å². The van der Waals surface area contributed by atoms with E-state index in [0.717, 1.165) is 6.08 Å². The molecule has 0 aliphatic rings. The van der Waals surface area contributed by atoms with Gasteiger partial charge in [0.05, 0.1) is 23.5 Å². The zero-order valence-corrected chi connectivity index (χ0v) is 14.5. The van der Waals surface area contributed by atoms with Gasteiger partial charge in [0.25, 0.3) is 5.70 Å². The van der Waals surface area contributed by atoms with Crippen LogP contribution >= 0.6 is 11.6 Å². The van der Waals surface area contributed by atoms with E-state index < -0.39 is 22.7 Å². The highest BCUT2D eigenvalue weighted by Gasteiger charge is 2.36. The van der Waals surface area contributed by atoms with E-state index in [-0.39, 0.29) is 18.2 Å². The Morgan fingerprint density at radius 2 is 2.08 bits per heavy atom. The Kier molecular flexibility index (Phi) is 7.58. The van der Waals surface area contributed by atoms with Crippen LogP contribution in [0.5, 0.6) is 0 Å². The van der Waals surface area contributed by atoms with Crippen molar-refractivity contribution in [3.8, 4) is 0 Å². The maximum atomic E-state index is 11.7. The zero-order chi connectivity index (χ0) is 18.3. The third-order valence-electron chi connectivity index (χ3n) is 3.60. The van der Waals surface area contributed by atoms with E-state index in [0.29, 0.717) is 16.9 Å². The molecule has 6 nitrogen and oxygen atoms in total. The molecule has 0 unspecified atom stereocenters. The largest absolute Gasteiger partial charge is 0.463 e. The van der Waals surface area contributed by atoms with Crippen molar-refractivity contribution in [2.45, 2.75) is 26.7 Å². The van der Waals surface area contributed by atoms with E-state index in [1.54, 1.807) is 45.0 Å². The van der Waals surface area contributed by atoms with Crippen molar-refractivity contribution in [1.29, 1.82) is 0 Å². The van der Waals surface area contributed by atoms with Crippen LogP contribution in [0.2, 0.25) is 5.02 Å². The number of esters is 1. The Hall–Kier alpha value is -2.21. The molecule has 1 aromatic carbocycles. The van der Waals surface area contributed by atoms with Crippen LogP contribution in [0, 0.1) is 22.0 Å². The summed E-state index contributed by atoms with van der Waals surface area (Å²) in [6.45, 7) is 5.29. The average molecular weight is 354 g/mol. The molecule has 1 aromatic rings. The summed E-state index contributed by atoms with van der Waals surface area (Å²) in [5.41, 5.74) is 0.113. The highest BCUT2D eigenvalue weighted by molar-refractivity contribution is 6.30. The molecule has 0 saturated heterocycles. The summed E-state index contributed by atoms with van der Waals surface area (Å²) in [6, 6.07) is 6.49. The number of rotatable bonds is 8. The van der Waals surface area contributed by atoms with Crippen molar-refractivity contribution in [3.05, 3.63) is 56.7 Å². The van der Waals surface area contributed by atoms with Gasteiger partial charge in [-0.25, -0.2) is 4.79 Å². The predicted molar refractivity (Wildman–Crippen MR) is 90.3 cm³/mol. The van der Waals surface area contributed by atoms with E-state index in [1.807, 2.05) is 0 Å². The number of halogens is 1. The number of hydrogen-bond donors (Lipinski definition) is 0.